The van der Waals surface area contributed by atoms with Gasteiger partial charge in [0.15, 0.2) is 17.1 Å². The van der Waals surface area contributed by atoms with E-state index < -0.39 is 6.70 Å². The summed E-state index contributed by atoms with van der Waals surface area (Å²) < 4.78 is 0. The molecule has 0 aromatic heterocycles. The van der Waals surface area contributed by atoms with E-state index >= 15 is 0 Å². The highest BCUT2D eigenvalue weighted by molar-refractivity contribution is 8.08. The number of aliphatic hydroxyl groups is 1. The molecular formula is C5H6OPS+. The molecule has 1 unspecified atom stereocenters. The van der Waals surface area contributed by atoms with Crippen molar-refractivity contribution in [3.05, 3.63) is 23.3 Å². The Morgan fingerprint density at radius 1 is 1.75 bits per heavy atom. The molecule has 1 aliphatic heterocycles. The van der Waals surface area contributed by atoms with Gasteiger partial charge in [0.2, 0.25) is 6.70 Å². The van der Waals surface area contributed by atoms with Gasteiger partial charge in [-0.05, 0) is 12.2 Å². The second-order valence-electron chi connectivity index (χ2n) is 1.48. The fourth-order valence-corrected chi connectivity index (χ4v) is 1.90. The third-order valence-corrected chi connectivity index (χ3v) is 3.32. The van der Waals surface area contributed by atoms with Crippen molar-refractivity contribution in [2.45, 2.75) is 0 Å². The highest BCUT2D eigenvalue weighted by Crippen LogP contribution is 2.37. The first kappa shape index (κ1) is 6.09. The lowest BCUT2D eigenvalue weighted by atomic mass is 10.5. The summed E-state index contributed by atoms with van der Waals surface area (Å²) in [4.78, 5) is 0. The van der Waals surface area contributed by atoms with Crippen LogP contribution in [0.5, 0.6) is 0 Å². The Hall–Kier alpha value is -0.0400. The Morgan fingerprint density at radius 3 is 2.75 bits per heavy atom. The molecule has 1 atom stereocenters. The van der Waals surface area contributed by atoms with Crippen molar-refractivity contribution >= 4 is 18.5 Å². The monoisotopic (exact) mass is 145 g/mol. The van der Waals surface area contributed by atoms with E-state index in [1.165, 1.54) is 0 Å². The molecule has 0 radical (unpaired) electrons. The molecule has 0 saturated heterocycles. The smallest absolute Gasteiger partial charge is 0.240 e. The molecular weight excluding hydrogens is 139 g/mol. The molecule has 1 nitrogen and oxygen atoms in total. The maximum absolute atomic E-state index is 8.58. The predicted octanol–water partition coefficient (Wildman–Crippen LogP) is 1.33. The minimum Gasteiger partial charge on any atom is -0.388 e. The van der Waals surface area contributed by atoms with E-state index in [4.69, 9.17) is 16.9 Å². The Labute approximate surface area is 54.1 Å². The van der Waals surface area contributed by atoms with Crippen LogP contribution in [0.1, 0.15) is 0 Å². The van der Waals surface area contributed by atoms with Gasteiger partial charge in [0.05, 0.1) is 0 Å². The molecule has 0 fully saturated rings. The molecule has 0 spiro atoms. The largest absolute Gasteiger partial charge is 0.388 e. The molecule has 0 aromatic carbocycles. The number of aliphatic hydroxyl groups excluding tert-OH is 1. The zero-order valence-electron chi connectivity index (χ0n) is 4.24. The molecule has 0 aromatic rings. The summed E-state index contributed by atoms with van der Waals surface area (Å²) in [6, 6.07) is 0. The molecule has 1 aliphatic rings. The first-order valence-corrected chi connectivity index (χ1v) is 4.71. The maximum atomic E-state index is 8.58. The van der Waals surface area contributed by atoms with Gasteiger partial charge in [0, 0.05) is 0 Å². The fraction of sp³-hybridized carbons (Fsp3) is 0.200. The van der Waals surface area contributed by atoms with Crippen LogP contribution in [0, 0.1) is 0 Å². The zero-order chi connectivity index (χ0) is 5.98. The minimum absolute atomic E-state index is 0.127. The summed E-state index contributed by atoms with van der Waals surface area (Å²) in [6.45, 7) is -0.387. The summed E-state index contributed by atoms with van der Waals surface area (Å²) in [5.74, 6) is 1.95. The van der Waals surface area contributed by atoms with E-state index in [0.29, 0.717) is 0 Å². The van der Waals surface area contributed by atoms with Gasteiger partial charge in [-0.3, -0.25) is 0 Å². The molecule has 1 heterocycles. The van der Waals surface area contributed by atoms with E-state index in [2.05, 4.69) is 0 Å². The van der Waals surface area contributed by atoms with E-state index in [9.17, 15) is 0 Å². The van der Waals surface area contributed by atoms with E-state index in [-0.39, 0.29) is 6.61 Å². The average molecular weight is 145 g/mol. The summed E-state index contributed by atoms with van der Waals surface area (Å²) in [5.41, 5.74) is 0. The van der Waals surface area contributed by atoms with Crippen LogP contribution in [0.3, 0.4) is 0 Å². The number of rotatable bonds is 1. The summed E-state index contributed by atoms with van der Waals surface area (Å²) in [5, 5.41) is 9.57. The quantitative estimate of drug-likeness (QED) is 0.562. The van der Waals surface area contributed by atoms with Crippen LogP contribution >= 0.6 is 6.70 Å². The Morgan fingerprint density at radius 2 is 2.50 bits per heavy atom. The summed E-state index contributed by atoms with van der Waals surface area (Å²) >= 11 is 4.97. The van der Waals surface area contributed by atoms with Gasteiger partial charge >= 0.3 is 0 Å². The molecule has 1 rings (SSSR count). The highest BCUT2D eigenvalue weighted by atomic mass is 32.4. The lowest BCUT2D eigenvalue weighted by Crippen LogP contribution is -1.78. The van der Waals surface area contributed by atoms with Crippen LogP contribution in [-0.4, -0.2) is 11.7 Å². The van der Waals surface area contributed by atoms with Gasteiger partial charge < -0.3 is 5.11 Å². The van der Waals surface area contributed by atoms with Crippen LogP contribution < -0.4 is 0 Å². The van der Waals surface area contributed by atoms with Crippen molar-refractivity contribution in [2.24, 2.45) is 0 Å². The molecule has 42 valence electrons. The lowest BCUT2D eigenvalue weighted by molar-refractivity contribution is 0.339. The van der Waals surface area contributed by atoms with Crippen LogP contribution in [0.4, 0.5) is 0 Å². The zero-order valence-corrected chi connectivity index (χ0v) is 5.95. The second-order valence-corrected chi connectivity index (χ2v) is 4.19. The normalized spacial score (nSPS) is 21.6. The van der Waals surface area contributed by atoms with Gasteiger partial charge in [-0.1, -0.05) is 0 Å². The minimum atomic E-state index is -0.515. The van der Waals surface area contributed by atoms with E-state index in [1.54, 1.807) is 0 Å². The van der Waals surface area contributed by atoms with Crippen molar-refractivity contribution in [3.63, 3.8) is 0 Å². The molecule has 0 aliphatic carbocycles. The fourth-order valence-electron chi connectivity index (χ4n) is 0.524. The van der Waals surface area contributed by atoms with Gasteiger partial charge in [0.1, 0.15) is 12.4 Å². The van der Waals surface area contributed by atoms with E-state index in [1.807, 2.05) is 18.0 Å². The number of hydrogen-bond acceptors (Lipinski definition) is 2. The Bertz CT molecular complexity index is 171. The van der Waals surface area contributed by atoms with Crippen molar-refractivity contribution in [1.82, 2.24) is 0 Å². The Kier molecular flexibility index (Phi) is 1.90. The van der Waals surface area contributed by atoms with Gasteiger partial charge in [-0.2, -0.15) is 0 Å². The first-order valence-electron chi connectivity index (χ1n) is 2.29. The topological polar surface area (TPSA) is 20.2 Å². The Balaban J connectivity index is 2.73. The third-order valence-electron chi connectivity index (χ3n) is 0.955. The van der Waals surface area contributed by atoms with Crippen molar-refractivity contribution < 1.29 is 5.11 Å². The van der Waals surface area contributed by atoms with Crippen LogP contribution in [0.25, 0.3) is 0 Å². The van der Waals surface area contributed by atoms with Crippen molar-refractivity contribution in [1.29, 1.82) is 0 Å². The lowest BCUT2D eigenvalue weighted by Gasteiger charge is -1.78. The third kappa shape index (κ3) is 1.03. The second kappa shape index (κ2) is 2.49. The molecule has 0 amide bonds. The van der Waals surface area contributed by atoms with Crippen molar-refractivity contribution in [2.75, 3.05) is 6.61 Å². The molecule has 0 bridgehead atoms. The number of hydrogen-bond donors (Lipinski definition) is 1. The molecule has 3 heteroatoms. The SMILES string of the molecule is OCC1=CC=C[P+]1=S. The van der Waals surface area contributed by atoms with Gasteiger partial charge in [0.25, 0.3) is 0 Å². The van der Waals surface area contributed by atoms with Crippen LogP contribution in [0.2, 0.25) is 0 Å². The average Bonchev–Trinajstić information content (AvgIpc) is 2.14. The maximum Gasteiger partial charge on any atom is 0.240 e. The van der Waals surface area contributed by atoms with Gasteiger partial charge in [-0.15, -0.1) is 0 Å². The van der Waals surface area contributed by atoms with Crippen molar-refractivity contribution in [3.8, 4) is 0 Å². The van der Waals surface area contributed by atoms with Crippen LogP contribution in [0.15, 0.2) is 23.3 Å². The molecule has 0 saturated carbocycles. The first-order chi connectivity index (χ1) is 3.84. The molecule has 1 N–H and O–H groups in total. The predicted molar refractivity (Wildman–Crippen MR) is 38.6 cm³/mol. The van der Waals surface area contributed by atoms with Crippen LogP contribution in [-0.2, 0) is 11.8 Å². The molecule has 8 heavy (non-hydrogen) atoms. The number of allylic oxidation sites excluding steroid dienone is 2. The highest BCUT2D eigenvalue weighted by Gasteiger charge is 2.16. The summed E-state index contributed by atoms with van der Waals surface area (Å²) in [7, 11) is 0. The summed E-state index contributed by atoms with van der Waals surface area (Å²) in [6.07, 6.45) is 3.79. The van der Waals surface area contributed by atoms with E-state index in [0.717, 1.165) is 5.31 Å². The standard InChI is InChI=1S/C5H6OPS/c6-4-5-2-1-3-7(5)8/h1-3,6H,4H2/q+1. The van der Waals surface area contributed by atoms with Gasteiger partial charge in [-0.25, -0.2) is 0 Å².